The topological polar surface area (TPSA) is 70.5 Å². The number of benzene rings is 3. The zero-order chi connectivity index (χ0) is 31.0. The highest BCUT2D eigenvalue weighted by Crippen LogP contribution is 2.43. The van der Waals surface area contributed by atoms with Gasteiger partial charge in [-0.1, -0.05) is 82.3 Å². The standard InChI is InChI=1S/C40H58N2O2/c1-3-5-7-13-31-23-37(29-39(25-31)43-21-11-19-41)35-17-9-15-33(27-35)34-16-10-18-36(28-34)38-24-32(14-8-6-4-2)26-40(30-38)44-22-12-20-42/h9,15,17,23-27,29-30,34,36H,3-8,10-14,16,18-22,28,41-42H2,1-2H3. The van der Waals surface area contributed by atoms with E-state index in [4.69, 9.17) is 20.9 Å². The van der Waals surface area contributed by atoms with Crippen LogP contribution in [0.3, 0.4) is 0 Å². The van der Waals surface area contributed by atoms with Crippen molar-refractivity contribution in [1.82, 2.24) is 0 Å². The van der Waals surface area contributed by atoms with Crippen molar-refractivity contribution >= 4 is 0 Å². The molecule has 3 aromatic rings. The Labute approximate surface area is 267 Å². The first-order valence-electron chi connectivity index (χ1n) is 17.7. The molecule has 0 radical (unpaired) electrons. The van der Waals surface area contributed by atoms with Crippen molar-refractivity contribution in [2.24, 2.45) is 11.5 Å². The minimum absolute atomic E-state index is 0.560. The first-order valence-corrected chi connectivity index (χ1v) is 17.7. The zero-order valence-corrected chi connectivity index (χ0v) is 27.6. The van der Waals surface area contributed by atoms with Gasteiger partial charge in [-0.25, -0.2) is 0 Å². The maximum atomic E-state index is 6.19. The van der Waals surface area contributed by atoms with E-state index in [-0.39, 0.29) is 0 Å². The highest BCUT2D eigenvalue weighted by Gasteiger charge is 2.25. The summed E-state index contributed by atoms with van der Waals surface area (Å²) in [4.78, 5) is 0. The second kappa shape index (κ2) is 18.9. The van der Waals surface area contributed by atoms with E-state index in [9.17, 15) is 0 Å². The quantitative estimate of drug-likeness (QED) is 0.135. The first-order chi connectivity index (χ1) is 21.6. The summed E-state index contributed by atoms with van der Waals surface area (Å²) < 4.78 is 12.3. The SMILES string of the molecule is CCCCCc1cc(OCCCN)cc(-c2cccc(C3CCCC(c4cc(CCCCC)cc(OCCCN)c4)C3)c2)c1. The van der Waals surface area contributed by atoms with Gasteiger partial charge in [0, 0.05) is 0 Å². The fourth-order valence-corrected chi connectivity index (χ4v) is 6.68. The Bertz CT molecular complexity index is 1200. The number of aryl methyl sites for hydroxylation is 2. The van der Waals surface area contributed by atoms with Crippen molar-refractivity contribution in [3.8, 4) is 22.6 Å². The molecule has 0 bridgehead atoms. The van der Waals surface area contributed by atoms with Crippen LogP contribution in [0.4, 0.5) is 0 Å². The number of hydrogen-bond donors (Lipinski definition) is 2. The third kappa shape index (κ3) is 10.7. The second-order valence-electron chi connectivity index (χ2n) is 12.9. The molecule has 1 saturated carbocycles. The fourth-order valence-electron chi connectivity index (χ4n) is 6.68. The van der Waals surface area contributed by atoms with Crippen LogP contribution < -0.4 is 20.9 Å². The normalized spacial score (nSPS) is 16.6. The predicted molar refractivity (Wildman–Crippen MR) is 187 cm³/mol. The Balaban J connectivity index is 1.54. The Morgan fingerprint density at radius 1 is 0.614 bits per heavy atom. The van der Waals surface area contributed by atoms with E-state index < -0.39 is 0 Å². The maximum Gasteiger partial charge on any atom is 0.120 e. The molecule has 0 aromatic heterocycles. The molecule has 2 atom stereocenters. The Kier molecular flexibility index (Phi) is 14.6. The van der Waals surface area contributed by atoms with Gasteiger partial charge in [0.1, 0.15) is 11.5 Å². The van der Waals surface area contributed by atoms with Gasteiger partial charge in [0.2, 0.25) is 0 Å². The molecule has 240 valence electrons. The molecule has 4 heteroatoms. The van der Waals surface area contributed by atoms with Gasteiger partial charge >= 0.3 is 0 Å². The summed E-state index contributed by atoms with van der Waals surface area (Å²) in [6.45, 7) is 7.21. The van der Waals surface area contributed by atoms with Crippen molar-refractivity contribution in [1.29, 1.82) is 0 Å². The van der Waals surface area contributed by atoms with Crippen LogP contribution in [-0.2, 0) is 12.8 Å². The number of hydrogen-bond acceptors (Lipinski definition) is 4. The van der Waals surface area contributed by atoms with E-state index in [1.54, 1.807) is 0 Å². The van der Waals surface area contributed by atoms with E-state index in [0.29, 0.717) is 38.1 Å². The van der Waals surface area contributed by atoms with Crippen molar-refractivity contribution in [2.45, 2.75) is 116 Å². The molecule has 0 aliphatic heterocycles. The molecule has 0 saturated heterocycles. The summed E-state index contributed by atoms with van der Waals surface area (Å²) in [6.07, 6.45) is 16.4. The van der Waals surface area contributed by atoms with Gasteiger partial charge in [-0.05, 0) is 140 Å². The summed E-state index contributed by atoms with van der Waals surface area (Å²) in [7, 11) is 0. The molecule has 4 N–H and O–H groups in total. The Morgan fingerprint density at radius 3 is 1.86 bits per heavy atom. The van der Waals surface area contributed by atoms with E-state index >= 15 is 0 Å². The smallest absolute Gasteiger partial charge is 0.120 e. The van der Waals surface area contributed by atoms with Crippen LogP contribution in [0.25, 0.3) is 11.1 Å². The largest absolute Gasteiger partial charge is 0.494 e. The van der Waals surface area contributed by atoms with Gasteiger partial charge in [0.05, 0.1) is 13.2 Å². The molecule has 0 spiro atoms. The van der Waals surface area contributed by atoms with Crippen LogP contribution in [0.15, 0.2) is 60.7 Å². The lowest BCUT2D eigenvalue weighted by Crippen LogP contribution is -2.14. The highest BCUT2D eigenvalue weighted by atomic mass is 16.5. The van der Waals surface area contributed by atoms with E-state index in [0.717, 1.165) is 37.2 Å². The lowest BCUT2D eigenvalue weighted by molar-refractivity contribution is 0.311. The first kappa shape index (κ1) is 34.1. The Hall–Kier alpha value is -2.82. The van der Waals surface area contributed by atoms with Gasteiger partial charge in [-0.15, -0.1) is 0 Å². The zero-order valence-electron chi connectivity index (χ0n) is 27.6. The van der Waals surface area contributed by atoms with Crippen LogP contribution in [0, 0.1) is 0 Å². The summed E-state index contributed by atoms with van der Waals surface area (Å²) in [5, 5.41) is 0. The van der Waals surface area contributed by atoms with Crippen molar-refractivity contribution in [3.05, 3.63) is 82.9 Å². The van der Waals surface area contributed by atoms with Crippen LogP contribution in [0.2, 0.25) is 0 Å². The third-order valence-electron chi connectivity index (χ3n) is 9.16. The molecule has 1 aliphatic rings. The van der Waals surface area contributed by atoms with E-state index in [1.807, 2.05) is 0 Å². The number of rotatable bonds is 19. The Morgan fingerprint density at radius 2 is 1.23 bits per heavy atom. The summed E-state index contributed by atoms with van der Waals surface area (Å²) in [5.74, 6) is 3.11. The number of nitrogens with two attached hydrogens (primary N) is 2. The minimum Gasteiger partial charge on any atom is -0.494 e. The van der Waals surface area contributed by atoms with Crippen LogP contribution in [-0.4, -0.2) is 26.3 Å². The summed E-state index contributed by atoms with van der Waals surface area (Å²) in [6, 6.07) is 23.2. The monoisotopic (exact) mass is 598 g/mol. The van der Waals surface area contributed by atoms with Crippen LogP contribution in [0.1, 0.15) is 125 Å². The summed E-state index contributed by atoms with van der Waals surface area (Å²) in [5.41, 5.74) is 19.7. The second-order valence-corrected chi connectivity index (χ2v) is 12.9. The minimum atomic E-state index is 0.560. The van der Waals surface area contributed by atoms with E-state index in [1.165, 1.54) is 97.6 Å². The van der Waals surface area contributed by atoms with Gasteiger partial charge in [-0.2, -0.15) is 0 Å². The van der Waals surface area contributed by atoms with Gasteiger partial charge in [0.25, 0.3) is 0 Å². The van der Waals surface area contributed by atoms with Gasteiger partial charge in [-0.3, -0.25) is 0 Å². The molecule has 3 aromatic carbocycles. The molecular weight excluding hydrogens is 540 g/mol. The number of ether oxygens (including phenoxy) is 2. The van der Waals surface area contributed by atoms with Crippen LogP contribution >= 0.6 is 0 Å². The van der Waals surface area contributed by atoms with Crippen molar-refractivity contribution < 1.29 is 9.47 Å². The molecule has 0 heterocycles. The van der Waals surface area contributed by atoms with Crippen molar-refractivity contribution in [3.63, 3.8) is 0 Å². The highest BCUT2D eigenvalue weighted by molar-refractivity contribution is 5.67. The maximum absolute atomic E-state index is 6.19. The average Bonchev–Trinajstić information content (AvgIpc) is 3.05. The molecular formula is C40H58N2O2. The number of unbranched alkanes of at least 4 members (excludes halogenated alkanes) is 4. The van der Waals surface area contributed by atoms with Crippen molar-refractivity contribution in [2.75, 3.05) is 26.3 Å². The lowest BCUT2D eigenvalue weighted by atomic mass is 9.74. The van der Waals surface area contributed by atoms with Crippen LogP contribution in [0.5, 0.6) is 11.5 Å². The lowest BCUT2D eigenvalue weighted by Gasteiger charge is -2.30. The van der Waals surface area contributed by atoms with Gasteiger partial charge < -0.3 is 20.9 Å². The fraction of sp³-hybridized carbons (Fsp3) is 0.550. The molecule has 4 nitrogen and oxygen atoms in total. The van der Waals surface area contributed by atoms with E-state index in [2.05, 4.69) is 74.5 Å². The third-order valence-corrected chi connectivity index (χ3v) is 9.16. The molecule has 2 unspecified atom stereocenters. The molecule has 1 fully saturated rings. The average molecular weight is 599 g/mol. The molecule has 44 heavy (non-hydrogen) atoms. The van der Waals surface area contributed by atoms with Gasteiger partial charge in [0.15, 0.2) is 0 Å². The summed E-state index contributed by atoms with van der Waals surface area (Å²) >= 11 is 0. The molecule has 0 amide bonds. The molecule has 4 rings (SSSR count). The molecule has 1 aliphatic carbocycles. The predicted octanol–water partition coefficient (Wildman–Crippen LogP) is 9.72.